The summed E-state index contributed by atoms with van der Waals surface area (Å²) >= 11 is 0. The third-order valence-corrected chi connectivity index (χ3v) is 2.90. The van der Waals surface area contributed by atoms with E-state index in [1.54, 1.807) is 0 Å². The van der Waals surface area contributed by atoms with Crippen LogP contribution in [-0.4, -0.2) is 24.2 Å². The van der Waals surface area contributed by atoms with Crippen molar-refractivity contribution in [1.29, 1.82) is 0 Å². The second kappa shape index (κ2) is 6.47. The van der Waals surface area contributed by atoms with Crippen molar-refractivity contribution in [1.82, 2.24) is 4.98 Å². The van der Waals surface area contributed by atoms with E-state index in [4.69, 9.17) is 10.5 Å². The van der Waals surface area contributed by atoms with E-state index in [2.05, 4.69) is 18.0 Å². The number of nitrogens with zero attached hydrogens (tertiary/aromatic N) is 1. The number of hydrogen-bond acceptors (Lipinski definition) is 3. The summed E-state index contributed by atoms with van der Waals surface area (Å²) in [6.07, 6.45) is 3.70. The number of rotatable bonds is 6. The highest BCUT2D eigenvalue weighted by molar-refractivity contribution is 5.81. The number of benzene rings is 1. The Morgan fingerprint density at radius 2 is 2.11 bits per heavy atom. The predicted molar refractivity (Wildman–Crippen MR) is 74.5 cm³/mol. The first-order chi connectivity index (χ1) is 8.81. The van der Waals surface area contributed by atoms with Gasteiger partial charge in [0.15, 0.2) is 0 Å². The minimum Gasteiger partial charge on any atom is -0.380 e. The van der Waals surface area contributed by atoms with Crippen LogP contribution in [0.4, 0.5) is 0 Å². The first-order valence-electron chi connectivity index (χ1n) is 6.47. The van der Waals surface area contributed by atoms with Gasteiger partial charge in [-0.3, -0.25) is 4.98 Å². The Hall–Kier alpha value is -1.45. The van der Waals surface area contributed by atoms with Crippen LogP contribution in [0, 0.1) is 0 Å². The number of aromatic nitrogens is 1. The summed E-state index contributed by atoms with van der Waals surface area (Å²) in [6, 6.07) is 10.2. The molecule has 1 atom stereocenters. The standard InChI is InChI=1S/C15H20N2O/c1-2-9-18-11-13(16)10-12-7-8-17-15-6-4-3-5-14(12)15/h3-8,13H,2,9-11,16H2,1H3. The highest BCUT2D eigenvalue weighted by Gasteiger charge is 2.07. The van der Waals surface area contributed by atoms with Gasteiger partial charge in [0.2, 0.25) is 0 Å². The highest BCUT2D eigenvalue weighted by Crippen LogP contribution is 2.17. The van der Waals surface area contributed by atoms with Crippen LogP contribution in [0.2, 0.25) is 0 Å². The quantitative estimate of drug-likeness (QED) is 0.794. The Morgan fingerprint density at radius 3 is 2.94 bits per heavy atom. The van der Waals surface area contributed by atoms with Crippen molar-refractivity contribution in [3.63, 3.8) is 0 Å². The van der Waals surface area contributed by atoms with Gasteiger partial charge in [0, 0.05) is 24.2 Å². The molecule has 0 saturated carbocycles. The van der Waals surface area contributed by atoms with Crippen LogP contribution in [0.15, 0.2) is 36.5 Å². The van der Waals surface area contributed by atoms with Gasteiger partial charge in [0.1, 0.15) is 0 Å². The smallest absolute Gasteiger partial charge is 0.0704 e. The maximum Gasteiger partial charge on any atom is 0.0704 e. The first-order valence-corrected chi connectivity index (χ1v) is 6.47. The van der Waals surface area contributed by atoms with Gasteiger partial charge >= 0.3 is 0 Å². The van der Waals surface area contributed by atoms with Gasteiger partial charge in [0.05, 0.1) is 12.1 Å². The molecule has 0 aliphatic heterocycles. The minimum absolute atomic E-state index is 0.0438. The Morgan fingerprint density at radius 1 is 1.28 bits per heavy atom. The Kier molecular flexibility index (Phi) is 4.67. The highest BCUT2D eigenvalue weighted by atomic mass is 16.5. The van der Waals surface area contributed by atoms with Gasteiger partial charge in [0.25, 0.3) is 0 Å². The molecule has 1 heterocycles. The third-order valence-electron chi connectivity index (χ3n) is 2.90. The number of fused-ring (bicyclic) bond motifs is 1. The van der Waals surface area contributed by atoms with E-state index >= 15 is 0 Å². The molecule has 3 nitrogen and oxygen atoms in total. The van der Waals surface area contributed by atoms with Gasteiger partial charge in [-0.1, -0.05) is 25.1 Å². The lowest BCUT2D eigenvalue weighted by molar-refractivity contribution is 0.121. The first kappa shape index (κ1) is 13.0. The molecule has 0 radical (unpaired) electrons. The monoisotopic (exact) mass is 244 g/mol. The molecular formula is C15H20N2O. The molecule has 0 saturated heterocycles. The van der Waals surface area contributed by atoms with Crippen molar-refractivity contribution < 1.29 is 4.74 Å². The van der Waals surface area contributed by atoms with Gasteiger partial charge in [-0.15, -0.1) is 0 Å². The average Bonchev–Trinajstić information content (AvgIpc) is 2.39. The second-order valence-electron chi connectivity index (χ2n) is 4.53. The summed E-state index contributed by atoms with van der Waals surface area (Å²) in [4.78, 5) is 4.35. The van der Waals surface area contributed by atoms with Gasteiger partial charge in [-0.2, -0.15) is 0 Å². The molecule has 2 N–H and O–H groups in total. The Labute approximate surface area is 108 Å². The van der Waals surface area contributed by atoms with Crippen molar-refractivity contribution in [2.24, 2.45) is 5.73 Å². The molecular weight excluding hydrogens is 224 g/mol. The number of hydrogen-bond donors (Lipinski definition) is 1. The molecule has 0 bridgehead atoms. The maximum atomic E-state index is 6.09. The summed E-state index contributed by atoms with van der Waals surface area (Å²) in [6.45, 7) is 3.50. The topological polar surface area (TPSA) is 48.1 Å². The molecule has 0 spiro atoms. The van der Waals surface area contributed by atoms with E-state index in [9.17, 15) is 0 Å². The van der Waals surface area contributed by atoms with E-state index in [1.807, 2.05) is 30.5 Å². The molecule has 0 aliphatic carbocycles. The summed E-state index contributed by atoms with van der Waals surface area (Å²) < 4.78 is 5.49. The number of pyridine rings is 1. The third kappa shape index (κ3) is 3.28. The van der Waals surface area contributed by atoms with Crippen molar-refractivity contribution in [3.05, 3.63) is 42.1 Å². The summed E-state index contributed by atoms with van der Waals surface area (Å²) in [7, 11) is 0. The van der Waals surface area contributed by atoms with Crippen LogP contribution in [0.3, 0.4) is 0 Å². The van der Waals surface area contributed by atoms with Gasteiger partial charge < -0.3 is 10.5 Å². The molecule has 2 aromatic rings. The SMILES string of the molecule is CCCOCC(N)Cc1ccnc2ccccc12. The van der Waals surface area contributed by atoms with Crippen LogP contribution in [0.5, 0.6) is 0 Å². The second-order valence-corrected chi connectivity index (χ2v) is 4.53. The fraction of sp³-hybridized carbons (Fsp3) is 0.400. The van der Waals surface area contributed by atoms with E-state index in [0.29, 0.717) is 6.61 Å². The van der Waals surface area contributed by atoms with E-state index in [0.717, 1.165) is 25.0 Å². The van der Waals surface area contributed by atoms with E-state index < -0.39 is 0 Å². The Balaban J connectivity index is 2.07. The lowest BCUT2D eigenvalue weighted by Gasteiger charge is -2.13. The summed E-state index contributed by atoms with van der Waals surface area (Å²) in [5, 5.41) is 1.19. The number of nitrogens with two attached hydrogens (primary N) is 1. The average molecular weight is 244 g/mol. The normalized spacial score (nSPS) is 12.8. The fourth-order valence-corrected chi connectivity index (χ4v) is 2.05. The zero-order valence-corrected chi connectivity index (χ0v) is 10.8. The number of para-hydroxylation sites is 1. The van der Waals surface area contributed by atoms with Crippen molar-refractivity contribution in [3.8, 4) is 0 Å². The molecule has 0 fully saturated rings. The molecule has 3 heteroatoms. The molecule has 1 aromatic carbocycles. The molecule has 0 amide bonds. The van der Waals surface area contributed by atoms with Gasteiger partial charge in [-0.05, 0) is 30.5 Å². The fourth-order valence-electron chi connectivity index (χ4n) is 2.05. The largest absolute Gasteiger partial charge is 0.380 e. The van der Waals surface area contributed by atoms with Gasteiger partial charge in [-0.25, -0.2) is 0 Å². The predicted octanol–water partition coefficient (Wildman–Crippen LogP) is 2.53. The van der Waals surface area contributed by atoms with Crippen LogP contribution >= 0.6 is 0 Å². The molecule has 0 aliphatic rings. The maximum absolute atomic E-state index is 6.09. The summed E-state index contributed by atoms with van der Waals surface area (Å²) in [5.41, 5.74) is 8.36. The summed E-state index contributed by atoms with van der Waals surface area (Å²) in [5.74, 6) is 0. The Bertz CT molecular complexity index is 493. The molecule has 2 rings (SSSR count). The molecule has 18 heavy (non-hydrogen) atoms. The molecule has 1 aromatic heterocycles. The van der Waals surface area contributed by atoms with Crippen molar-refractivity contribution in [2.75, 3.05) is 13.2 Å². The van der Waals surface area contributed by atoms with Crippen molar-refractivity contribution >= 4 is 10.9 Å². The van der Waals surface area contributed by atoms with E-state index in [1.165, 1.54) is 10.9 Å². The number of ether oxygens (including phenoxy) is 1. The van der Waals surface area contributed by atoms with Crippen LogP contribution in [0.1, 0.15) is 18.9 Å². The minimum atomic E-state index is 0.0438. The van der Waals surface area contributed by atoms with Crippen LogP contribution in [0.25, 0.3) is 10.9 Å². The molecule has 96 valence electrons. The van der Waals surface area contributed by atoms with Crippen molar-refractivity contribution in [2.45, 2.75) is 25.8 Å². The lowest BCUT2D eigenvalue weighted by atomic mass is 10.0. The van der Waals surface area contributed by atoms with E-state index in [-0.39, 0.29) is 6.04 Å². The zero-order chi connectivity index (χ0) is 12.8. The zero-order valence-electron chi connectivity index (χ0n) is 10.8. The van der Waals surface area contributed by atoms with Crippen LogP contribution < -0.4 is 5.73 Å². The molecule has 1 unspecified atom stereocenters. The van der Waals surface area contributed by atoms with Crippen LogP contribution in [-0.2, 0) is 11.2 Å². The lowest BCUT2D eigenvalue weighted by Crippen LogP contribution is -2.28.